The summed E-state index contributed by atoms with van der Waals surface area (Å²) >= 11 is 0. The first-order chi connectivity index (χ1) is 7.78. The molecule has 0 aromatic carbocycles. The van der Waals surface area contributed by atoms with E-state index < -0.39 is 0 Å². The minimum absolute atomic E-state index is 0.0586. The fourth-order valence-electron chi connectivity index (χ4n) is 1.96. The quantitative estimate of drug-likeness (QED) is 0.799. The molecule has 0 radical (unpaired) electrons. The summed E-state index contributed by atoms with van der Waals surface area (Å²) in [4.78, 5) is 4.17. The second kappa shape index (κ2) is 4.70. The standard InChI is InChI=1S/C12H19N3O/c1-13-11-8-10(4-7-14-11)15-9-12(16-2)5-3-6-12/h4,7-8H,3,5-6,9H2,1-2H3,(H2,13,14,15). The molecule has 1 aliphatic carbocycles. The van der Waals surface area contributed by atoms with Crippen LogP contribution in [0.1, 0.15) is 19.3 Å². The van der Waals surface area contributed by atoms with Gasteiger partial charge in [0.2, 0.25) is 0 Å². The topological polar surface area (TPSA) is 46.2 Å². The van der Waals surface area contributed by atoms with Crippen molar-refractivity contribution in [3.05, 3.63) is 18.3 Å². The lowest BCUT2D eigenvalue weighted by atomic mass is 9.80. The van der Waals surface area contributed by atoms with Crippen molar-refractivity contribution >= 4 is 11.5 Å². The van der Waals surface area contributed by atoms with E-state index in [9.17, 15) is 0 Å². The van der Waals surface area contributed by atoms with Crippen molar-refractivity contribution in [1.82, 2.24) is 4.98 Å². The molecule has 2 rings (SSSR count). The molecule has 0 amide bonds. The molecule has 1 aromatic heterocycles. The Hall–Kier alpha value is -1.29. The predicted molar refractivity (Wildman–Crippen MR) is 65.9 cm³/mol. The van der Waals surface area contributed by atoms with Crippen LogP contribution in [-0.2, 0) is 4.74 Å². The molecule has 0 unspecified atom stereocenters. The largest absolute Gasteiger partial charge is 0.382 e. The molecule has 88 valence electrons. The van der Waals surface area contributed by atoms with Crippen molar-refractivity contribution in [2.75, 3.05) is 31.3 Å². The number of pyridine rings is 1. The molecule has 1 aliphatic rings. The lowest BCUT2D eigenvalue weighted by Crippen LogP contribution is -2.45. The third-order valence-corrected chi connectivity index (χ3v) is 3.33. The first-order valence-corrected chi connectivity index (χ1v) is 5.71. The van der Waals surface area contributed by atoms with E-state index in [0.717, 1.165) is 30.9 Å². The van der Waals surface area contributed by atoms with E-state index >= 15 is 0 Å². The van der Waals surface area contributed by atoms with E-state index in [1.54, 1.807) is 13.3 Å². The minimum atomic E-state index is 0.0586. The minimum Gasteiger partial charge on any atom is -0.382 e. The predicted octanol–water partition coefficient (Wildman–Crippen LogP) is 2.10. The van der Waals surface area contributed by atoms with Gasteiger partial charge in [-0.3, -0.25) is 0 Å². The number of hydrogen-bond donors (Lipinski definition) is 2. The van der Waals surface area contributed by atoms with Gasteiger partial charge in [0.05, 0.1) is 5.60 Å². The first kappa shape index (κ1) is 11.2. The fourth-order valence-corrected chi connectivity index (χ4v) is 1.96. The van der Waals surface area contributed by atoms with Gasteiger partial charge in [-0.15, -0.1) is 0 Å². The SMILES string of the molecule is CNc1cc(NCC2(OC)CCC2)ccn1. The zero-order valence-corrected chi connectivity index (χ0v) is 9.92. The molecular formula is C12H19N3O. The Morgan fingerprint density at radius 1 is 1.50 bits per heavy atom. The van der Waals surface area contributed by atoms with Crippen molar-refractivity contribution in [1.29, 1.82) is 0 Å². The zero-order chi connectivity index (χ0) is 11.4. The second-order valence-corrected chi connectivity index (χ2v) is 4.27. The Morgan fingerprint density at radius 2 is 2.31 bits per heavy atom. The summed E-state index contributed by atoms with van der Waals surface area (Å²) in [5.41, 5.74) is 1.14. The summed E-state index contributed by atoms with van der Waals surface area (Å²) in [6.07, 6.45) is 5.38. The van der Waals surface area contributed by atoms with Crippen LogP contribution in [0.5, 0.6) is 0 Å². The number of methoxy groups -OCH3 is 1. The third-order valence-electron chi connectivity index (χ3n) is 3.33. The normalized spacial score (nSPS) is 17.6. The van der Waals surface area contributed by atoms with Gasteiger partial charge in [0.1, 0.15) is 5.82 Å². The molecule has 0 spiro atoms. The maximum atomic E-state index is 5.56. The van der Waals surface area contributed by atoms with Crippen LogP contribution in [0.15, 0.2) is 18.3 Å². The number of hydrogen-bond acceptors (Lipinski definition) is 4. The van der Waals surface area contributed by atoms with E-state index in [2.05, 4.69) is 15.6 Å². The molecule has 1 aromatic rings. The van der Waals surface area contributed by atoms with Crippen molar-refractivity contribution in [3.63, 3.8) is 0 Å². The summed E-state index contributed by atoms with van der Waals surface area (Å²) in [6.45, 7) is 0.872. The van der Waals surface area contributed by atoms with Gasteiger partial charge in [-0.2, -0.15) is 0 Å². The van der Waals surface area contributed by atoms with Crippen molar-refractivity contribution in [2.45, 2.75) is 24.9 Å². The maximum absolute atomic E-state index is 5.56. The van der Waals surface area contributed by atoms with E-state index in [0.29, 0.717) is 0 Å². The lowest BCUT2D eigenvalue weighted by Gasteiger charge is -2.40. The molecule has 4 nitrogen and oxygen atoms in total. The highest BCUT2D eigenvalue weighted by molar-refractivity contribution is 5.51. The van der Waals surface area contributed by atoms with Gasteiger partial charge in [-0.25, -0.2) is 4.98 Å². The molecule has 0 aliphatic heterocycles. The van der Waals surface area contributed by atoms with Crippen LogP contribution < -0.4 is 10.6 Å². The summed E-state index contributed by atoms with van der Waals surface area (Å²) in [5.74, 6) is 0.880. The summed E-state index contributed by atoms with van der Waals surface area (Å²) in [6, 6.07) is 3.98. The summed E-state index contributed by atoms with van der Waals surface area (Å²) < 4.78 is 5.56. The van der Waals surface area contributed by atoms with Crippen molar-refractivity contribution in [3.8, 4) is 0 Å². The molecule has 1 saturated carbocycles. The Kier molecular flexibility index (Phi) is 3.29. The Balaban J connectivity index is 1.93. The summed E-state index contributed by atoms with van der Waals surface area (Å²) in [7, 11) is 3.67. The van der Waals surface area contributed by atoms with Crippen LogP contribution in [0.25, 0.3) is 0 Å². The fraction of sp³-hybridized carbons (Fsp3) is 0.583. The van der Waals surface area contributed by atoms with Crippen LogP contribution in [0.2, 0.25) is 0 Å². The van der Waals surface area contributed by atoms with E-state index in [1.165, 1.54) is 6.42 Å². The second-order valence-electron chi connectivity index (χ2n) is 4.27. The molecule has 0 bridgehead atoms. The van der Waals surface area contributed by atoms with E-state index in [-0.39, 0.29) is 5.60 Å². The highest BCUT2D eigenvalue weighted by atomic mass is 16.5. The van der Waals surface area contributed by atoms with E-state index in [4.69, 9.17) is 4.74 Å². The van der Waals surface area contributed by atoms with Crippen LogP contribution in [0.3, 0.4) is 0 Å². The molecule has 16 heavy (non-hydrogen) atoms. The Bertz CT molecular complexity index is 344. The van der Waals surface area contributed by atoms with Crippen LogP contribution >= 0.6 is 0 Å². The van der Waals surface area contributed by atoms with Crippen LogP contribution in [-0.4, -0.2) is 31.3 Å². The Labute approximate surface area is 96.4 Å². The molecule has 0 saturated heterocycles. The van der Waals surface area contributed by atoms with Gasteiger partial charge in [-0.05, 0) is 25.3 Å². The molecular weight excluding hydrogens is 202 g/mol. The third kappa shape index (κ3) is 2.27. The van der Waals surface area contributed by atoms with Crippen LogP contribution in [0, 0.1) is 0 Å². The van der Waals surface area contributed by atoms with Gasteiger partial charge in [0, 0.05) is 38.7 Å². The average Bonchev–Trinajstić information content (AvgIpc) is 2.29. The molecule has 4 heteroatoms. The zero-order valence-electron chi connectivity index (χ0n) is 9.92. The number of nitrogens with one attached hydrogen (secondary N) is 2. The van der Waals surface area contributed by atoms with Crippen LogP contribution in [0.4, 0.5) is 11.5 Å². The molecule has 2 N–H and O–H groups in total. The Morgan fingerprint density at radius 3 is 2.88 bits per heavy atom. The average molecular weight is 221 g/mol. The monoisotopic (exact) mass is 221 g/mol. The molecule has 0 atom stereocenters. The first-order valence-electron chi connectivity index (χ1n) is 5.71. The highest BCUT2D eigenvalue weighted by Gasteiger charge is 2.36. The number of aromatic nitrogens is 1. The number of ether oxygens (including phenoxy) is 1. The highest BCUT2D eigenvalue weighted by Crippen LogP contribution is 2.35. The van der Waals surface area contributed by atoms with Gasteiger partial charge >= 0.3 is 0 Å². The number of rotatable bonds is 5. The maximum Gasteiger partial charge on any atom is 0.127 e. The van der Waals surface area contributed by atoms with Gasteiger partial charge in [-0.1, -0.05) is 0 Å². The van der Waals surface area contributed by atoms with E-state index in [1.807, 2.05) is 19.2 Å². The lowest BCUT2D eigenvalue weighted by molar-refractivity contribution is -0.0601. The van der Waals surface area contributed by atoms with Crippen molar-refractivity contribution < 1.29 is 4.74 Å². The number of nitrogens with zero attached hydrogens (tertiary/aromatic N) is 1. The number of anilines is 2. The van der Waals surface area contributed by atoms with Gasteiger partial charge in [0.15, 0.2) is 0 Å². The molecule has 1 heterocycles. The summed E-state index contributed by atoms with van der Waals surface area (Å²) in [5, 5.41) is 6.43. The van der Waals surface area contributed by atoms with Crippen molar-refractivity contribution in [2.24, 2.45) is 0 Å². The smallest absolute Gasteiger partial charge is 0.127 e. The van der Waals surface area contributed by atoms with Gasteiger partial charge in [0.25, 0.3) is 0 Å². The molecule has 1 fully saturated rings. The van der Waals surface area contributed by atoms with Gasteiger partial charge < -0.3 is 15.4 Å².